The fraction of sp³-hybridized carbons (Fsp3) is 0.643. The number of nitrogens with zero attached hydrogens (tertiary/aromatic N) is 1. The summed E-state index contributed by atoms with van der Waals surface area (Å²) in [5.74, 6) is 0. The third kappa shape index (κ3) is 3.65. The van der Waals surface area contributed by atoms with E-state index in [0.717, 1.165) is 0 Å². The van der Waals surface area contributed by atoms with Gasteiger partial charge in [0, 0.05) is 11.9 Å². The standard InChI is InChI=1S/C14H21N/c1-2-4-6-8-13-10-11-14(15-12-13)9-7-5-3-1/h10-12H,1-9H2. The number of rotatable bonds is 0. The van der Waals surface area contributed by atoms with Gasteiger partial charge in [0.2, 0.25) is 0 Å². The average Bonchev–Trinajstić information content (AvgIpc) is 2.31. The molecule has 82 valence electrons. The van der Waals surface area contributed by atoms with Gasteiger partial charge in [0.25, 0.3) is 0 Å². The Hall–Kier alpha value is -0.850. The molecule has 2 aliphatic rings. The van der Waals surface area contributed by atoms with Crippen molar-refractivity contribution in [3.63, 3.8) is 0 Å². The Morgan fingerprint density at radius 2 is 1.40 bits per heavy atom. The normalized spacial score (nSPS) is 18.9. The SMILES string of the molecule is c1cc2ncc1CCCCCCCCC2. The largest absolute Gasteiger partial charge is 0.261 e. The van der Waals surface area contributed by atoms with Gasteiger partial charge in [-0.2, -0.15) is 0 Å². The predicted octanol–water partition coefficient (Wildman–Crippen LogP) is 3.91. The molecule has 1 aliphatic heterocycles. The summed E-state index contributed by atoms with van der Waals surface area (Å²) < 4.78 is 0. The Balaban J connectivity index is 1.97. The van der Waals surface area contributed by atoms with Crippen molar-refractivity contribution in [3.8, 4) is 0 Å². The van der Waals surface area contributed by atoms with Crippen LogP contribution in [0, 0.1) is 0 Å². The summed E-state index contributed by atoms with van der Waals surface area (Å²) in [5.41, 5.74) is 2.69. The van der Waals surface area contributed by atoms with Gasteiger partial charge in [-0.1, -0.05) is 38.2 Å². The van der Waals surface area contributed by atoms with Gasteiger partial charge >= 0.3 is 0 Å². The maximum Gasteiger partial charge on any atom is 0.0403 e. The summed E-state index contributed by atoms with van der Waals surface area (Å²) in [6, 6.07) is 4.48. The van der Waals surface area contributed by atoms with E-state index in [2.05, 4.69) is 23.3 Å². The van der Waals surface area contributed by atoms with Crippen molar-refractivity contribution >= 4 is 0 Å². The Labute approximate surface area is 92.9 Å². The number of hydrogen-bond acceptors (Lipinski definition) is 1. The molecule has 0 aromatic carbocycles. The maximum absolute atomic E-state index is 4.52. The van der Waals surface area contributed by atoms with Gasteiger partial charge in [0.15, 0.2) is 0 Å². The highest BCUT2D eigenvalue weighted by Crippen LogP contribution is 2.13. The summed E-state index contributed by atoms with van der Waals surface area (Å²) >= 11 is 0. The zero-order valence-electron chi connectivity index (χ0n) is 9.54. The minimum absolute atomic E-state index is 1.17. The Morgan fingerprint density at radius 3 is 2.07 bits per heavy atom. The van der Waals surface area contributed by atoms with Gasteiger partial charge in [0.1, 0.15) is 0 Å². The zero-order valence-corrected chi connectivity index (χ0v) is 9.54. The second kappa shape index (κ2) is 5.89. The number of aryl methyl sites for hydroxylation is 2. The first-order chi connectivity index (χ1) is 7.45. The summed E-state index contributed by atoms with van der Waals surface area (Å²) in [5, 5.41) is 0. The smallest absolute Gasteiger partial charge is 0.0403 e. The van der Waals surface area contributed by atoms with E-state index in [0.29, 0.717) is 0 Å². The third-order valence-electron chi connectivity index (χ3n) is 3.28. The number of aromatic nitrogens is 1. The van der Waals surface area contributed by atoms with Crippen molar-refractivity contribution in [2.45, 2.75) is 57.8 Å². The second-order valence-corrected chi connectivity index (χ2v) is 4.63. The molecule has 1 aromatic rings. The van der Waals surface area contributed by atoms with Gasteiger partial charge in [-0.15, -0.1) is 0 Å². The van der Waals surface area contributed by atoms with Crippen LogP contribution in [0.25, 0.3) is 0 Å². The van der Waals surface area contributed by atoms with Crippen LogP contribution in [0.2, 0.25) is 0 Å². The molecule has 0 N–H and O–H groups in total. The van der Waals surface area contributed by atoms with Gasteiger partial charge in [-0.3, -0.25) is 4.98 Å². The average molecular weight is 203 g/mol. The summed E-state index contributed by atoms with van der Waals surface area (Å²) in [6.07, 6.45) is 14.1. The van der Waals surface area contributed by atoms with E-state index in [1.54, 1.807) is 0 Å². The zero-order chi connectivity index (χ0) is 10.3. The van der Waals surface area contributed by atoms with E-state index in [1.807, 2.05) is 0 Å². The Kier molecular flexibility index (Phi) is 4.19. The first-order valence-electron chi connectivity index (χ1n) is 6.39. The molecule has 0 unspecified atom stereocenters. The molecule has 0 saturated heterocycles. The molecule has 0 atom stereocenters. The Bertz CT molecular complexity index is 247. The quantitative estimate of drug-likeness (QED) is 0.623. The monoisotopic (exact) mass is 203 g/mol. The highest BCUT2D eigenvalue weighted by molar-refractivity contribution is 5.14. The fourth-order valence-electron chi connectivity index (χ4n) is 2.27. The molecule has 0 radical (unpaired) electrons. The van der Waals surface area contributed by atoms with Gasteiger partial charge in [-0.25, -0.2) is 0 Å². The number of hydrogen-bond donors (Lipinski definition) is 0. The summed E-state index contributed by atoms with van der Waals surface area (Å²) in [7, 11) is 0. The van der Waals surface area contributed by atoms with Crippen molar-refractivity contribution in [3.05, 3.63) is 29.6 Å². The minimum Gasteiger partial charge on any atom is -0.261 e. The highest BCUT2D eigenvalue weighted by atomic mass is 14.7. The Morgan fingerprint density at radius 1 is 0.733 bits per heavy atom. The van der Waals surface area contributed by atoms with Crippen molar-refractivity contribution in [1.29, 1.82) is 0 Å². The minimum atomic E-state index is 1.17. The van der Waals surface area contributed by atoms with Crippen molar-refractivity contribution in [2.24, 2.45) is 0 Å². The van der Waals surface area contributed by atoms with E-state index in [-0.39, 0.29) is 0 Å². The maximum atomic E-state index is 4.52. The lowest BCUT2D eigenvalue weighted by atomic mass is 10.1. The molecule has 1 aromatic heterocycles. The van der Waals surface area contributed by atoms with Crippen LogP contribution >= 0.6 is 0 Å². The molecule has 2 bridgehead atoms. The molecule has 2 heterocycles. The molecule has 0 spiro atoms. The van der Waals surface area contributed by atoms with Crippen molar-refractivity contribution < 1.29 is 0 Å². The van der Waals surface area contributed by atoms with Crippen LogP contribution in [0.3, 0.4) is 0 Å². The summed E-state index contributed by atoms with van der Waals surface area (Å²) in [6.45, 7) is 0. The molecule has 0 amide bonds. The molecule has 3 rings (SSSR count). The summed E-state index contributed by atoms with van der Waals surface area (Å²) in [4.78, 5) is 4.52. The van der Waals surface area contributed by atoms with Crippen molar-refractivity contribution in [2.75, 3.05) is 0 Å². The molecule has 15 heavy (non-hydrogen) atoms. The van der Waals surface area contributed by atoms with Crippen LogP contribution in [0.5, 0.6) is 0 Å². The molecular formula is C14H21N. The fourth-order valence-corrected chi connectivity index (χ4v) is 2.27. The van der Waals surface area contributed by atoms with Gasteiger partial charge in [0.05, 0.1) is 0 Å². The third-order valence-corrected chi connectivity index (χ3v) is 3.28. The first kappa shape index (κ1) is 10.7. The van der Waals surface area contributed by atoms with E-state index in [9.17, 15) is 0 Å². The predicted molar refractivity (Wildman–Crippen MR) is 64.0 cm³/mol. The van der Waals surface area contributed by atoms with Gasteiger partial charge in [-0.05, 0) is 37.3 Å². The van der Waals surface area contributed by atoms with Crippen LogP contribution in [0.15, 0.2) is 18.3 Å². The van der Waals surface area contributed by atoms with E-state index in [4.69, 9.17) is 0 Å². The van der Waals surface area contributed by atoms with Crippen LogP contribution in [0.1, 0.15) is 56.2 Å². The van der Waals surface area contributed by atoms with E-state index >= 15 is 0 Å². The second-order valence-electron chi connectivity index (χ2n) is 4.63. The van der Waals surface area contributed by atoms with Crippen molar-refractivity contribution in [1.82, 2.24) is 4.98 Å². The van der Waals surface area contributed by atoms with Crippen LogP contribution in [-0.4, -0.2) is 4.98 Å². The van der Waals surface area contributed by atoms with Crippen LogP contribution in [0.4, 0.5) is 0 Å². The van der Waals surface area contributed by atoms with Crippen LogP contribution < -0.4 is 0 Å². The molecule has 1 heteroatoms. The molecule has 1 nitrogen and oxygen atoms in total. The molecule has 1 aliphatic carbocycles. The lowest BCUT2D eigenvalue weighted by Crippen LogP contribution is -1.92. The lowest BCUT2D eigenvalue weighted by molar-refractivity contribution is 0.580. The molecular weight excluding hydrogens is 182 g/mol. The highest BCUT2D eigenvalue weighted by Gasteiger charge is 1.99. The number of fused-ring (bicyclic) bond motifs is 10. The van der Waals surface area contributed by atoms with E-state index < -0.39 is 0 Å². The molecule has 0 saturated carbocycles. The first-order valence-corrected chi connectivity index (χ1v) is 6.39. The van der Waals surface area contributed by atoms with Crippen LogP contribution in [-0.2, 0) is 12.8 Å². The number of pyridine rings is 1. The lowest BCUT2D eigenvalue weighted by Gasteiger charge is -2.01. The molecule has 0 fully saturated rings. The van der Waals surface area contributed by atoms with E-state index in [1.165, 1.54) is 69.0 Å². The topological polar surface area (TPSA) is 12.9 Å². The van der Waals surface area contributed by atoms with Gasteiger partial charge < -0.3 is 0 Å².